The highest BCUT2D eigenvalue weighted by atomic mass is 16.6. The van der Waals surface area contributed by atoms with E-state index in [1.54, 1.807) is 7.05 Å². The molecule has 0 aromatic carbocycles. The monoisotopic (exact) mass is 201 g/mol. The maximum absolute atomic E-state index is 11.2. The van der Waals surface area contributed by atoms with Crippen molar-refractivity contribution in [2.24, 2.45) is 0 Å². The highest BCUT2D eigenvalue weighted by Crippen LogP contribution is 2.21. The standard InChI is InChI=1S/C10H19NO3/c1-7-4-9(5-8(2)13-7)14-10(12)6-11-3/h7-9,11H,4-6H2,1-3H3. The molecule has 2 unspecified atom stereocenters. The average molecular weight is 201 g/mol. The fourth-order valence-electron chi connectivity index (χ4n) is 1.81. The summed E-state index contributed by atoms with van der Waals surface area (Å²) in [6, 6.07) is 0. The van der Waals surface area contributed by atoms with E-state index >= 15 is 0 Å². The van der Waals surface area contributed by atoms with Gasteiger partial charge in [0.1, 0.15) is 6.10 Å². The van der Waals surface area contributed by atoms with Crippen molar-refractivity contribution in [3.05, 3.63) is 0 Å². The van der Waals surface area contributed by atoms with Crippen molar-refractivity contribution in [2.45, 2.75) is 45.0 Å². The van der Waals surface area contributed by atoms with Gasteiger partial charge in [0.25, 0.3) is 0 Å². The van der Waals surface area contributed by atoms with E-state index < -0.39 is 0 Å². The number of rotatable bonds is 3. The second kappa shape index (κ2) is 5.32. The summed E-state index contributed by atoms with van der Waals surface area (Å²) in [6.45, 7) is 4.29. The number of esters is 1. The first-order chi connectivity index (χ1) is 6.61. The lowest BCUT2D eigenvalue weighted by Crippen LogP contribution is -2.36. The molecule has 0 aromatic rings. The van der Waals surface area contributed by atoms with Gasteiger partial charge in [0, 0.05) is 12.8 Å². The molecule has 0 saturated carbocycles. The van der Waals surface area contributed by atoms with Gasteiger partial charge in [0.15, 0.2) is 0 Å². The van der Waals surface area contributed by atoms with Crippen LogP contribution in [0.4, 0.5) is 0 Å². The molecule has 1 rings (SSSR count). The second-order valence-corrected chi connectivity index (χ2v) is 3.87. The molecule has 1 saturated heterocycles. The van der Waals surface area contributed by atoms with Gasteiger partial charge in [-0.1, -0.05) is 0 Å². The van der Waals surface area contributed by atoms with Crippen molar-refractivity contribution in [3.63, 3.8) is 0 Å². The maximum atomic E-state index is 11.2. The van der Waals surface area contributed by atoms with Crippen molar-refractivity contribution in [3.8, 4) is 0 Å². The molecular formula is C10H19NO3. The first-order valence-corrected chi connectivity index (χ1v) is 5.11. The Morgan fingerprint density at radius 3 is 2.50 bits per heavy atom. The molecule has 2 atom stereocenters. The molecule has 0 aliphatic carbocycles. The number of carbonyl (C=O) groups is 1. The van der Waals surface area contributed by atoms with Crippen LogP contribution in [0.1, 0.15) is 26.7 Å². The fourth-order valence-corrected chi connectivity index (χ4v) is 1.81. The van der Waals surface area contributed by atoms with Crippen LogP contribution in [-0.4, -0.2) is 37.9 Å². The third-order valence-electron chi connectivity index (χ3n) is 2.27. The number of ether oxygens (including phenoxy) is 2. The summed E-state index contributed by atoms with van der Waals surface area (Å²) in [7, 11) is 1.73. The van der Waals surface area contributed by atoms with E-state index in [2.05, 4.69) is 5.32 Å². The molecule has 14 heavy (non-hydrogen) atoms. The molecule has 0 radical (unpaired) electrons. The summed E-state index contributed by atoms with van der Waals surface area (Å²) in [5.41, 5.74) is 0. The lowest BCUT2D eigenvalue weighted by Gasteiger charge is -2.31. The van der Waals surface area contributed by atoms with Crippen LogP contribution in [0.3, 0.4) is 0 Å². The molecule has 1 aliphatic heterocycles. The molecule has 82 valence electrons. The summed E-state index contributed by atoms with van der Waals surface area (Å²) in [5, 5.41) is 2.77. The van der Waals surface area contributed by atoms with Gasteiger partial charge >= 0.3 is 5.97 Å². The molecule has 0 spiro atoms. The quantitative estimate of drug-likeness (QED) is 0.683. The Hall–Kier alpha value is -0.610. The Morgan fingerprint density at radius 1 is 1.43 bits per heavy atom. The Labute approximate surface area is 85.0 Å². The first-order valence-electron chi connectivity index (χ1n) is 5.11. The van der Waals surface area contributed by atoms with Gasteiger partial charge in [0.2, 0.25) is 0 Å². The van der Waals surface area contributed by atoms with Gasteiger partial charge in [-0.2, -0.15) is 0 Å². The smallest absolute Gasteiger partial charge is 0.320 e. The van der Waals surface area contributed by atoms with Crippen LogP contribution in [0.25, 0.3) is 0 Å². The van der Waals surface area contributed by atoms with Crippen LogP contribution in [0.2, 0.25) is 0 Å². The molecule has 1 heterocycles. The summed E-state index contributed by atoms with van der Waals surface area (Å²) in [4.78, 5) is 11.2. The van der Waals surface area contributed by atoms with Crippen molar-refractivity contribution in [1.82, 2.24) is 5.32 Å². The van der Waals surface area contributed by atoms with Crippen LogP contribution in [0.5, 0.6) is 0 Å². The van der Waals surface area contributed by atoms with Crippen LogP contribution in [0, 0.1) is 0 Å². The SMILES string of the molecule is CNCC(=O)OC1CC(C)OC(C)C1. The highest BCUT2D eigenvalue weighted by Gasteiger charge is 2.26. The zero-order chi connectivity index (χ0) is 10.6. The van der Waals surface area contributed by atoms with E-state index in [9.17, 15) is 4.79 Å². The van der Waals surface area contributed by atoms with E-state index in [-0.39, 0.29) is 30.8 Å². The minimum atomic E-state index is -0.182. The second-order valence-electron chi connectivity index (χ2n) is 3.87. The van der Waals surface area contributed by atoms with Crippen LogP contribution >= 0.6 is 0 Å². The van der Waals surface area contributed by atoms with Gasteiger partial charge in [-0.25, -0.2) is 0 Å². The minimum absolute atomic E-state index is 0.0228. The third-order valence-corrected chi connectivity index (χ3v) is 2.27. The van der Waals surface area contributed by atoms with E-state index in [4.69, 9.17) is 9.47 Å². The lowest BCUT2D eigenvalue weighted by atomic mass is 10.0. The molecule has 4 heteroatoms. The van der Waals surface area contributed by atoms with E-state index in [1.165, 1.54) is 0 Å². The van der Waals surface area contributed by atoms with E-state index in [1.807, 2.05) is 13.8 Å². The van der Waals surface area contributed by atoms with E-state index in [0.717, 1.165) is 12.8 Å². The molecule has 1 N–H and O–H groups in total. The van der Waals surface area contributed by atoms with Gasteiger partial charge in [-0.3, -0.25) is 4.79 Å². The van der Waals surface area contributed by atoms with Crippen molar-refractivity contribution in [1.29, 1.82) is 0 Å². The predicted octanol–water partition coefficient (Wildman–Crippen LogP) is 0.705. The molecule has 0 bridgehead atoms. The zero-order valence-electron chi connectivity index (χ0n) is 9.08. The molecule has 1 aliphatic rings. The summed E-state index contributed by atoms with van der Waals surface area (Å²) < 4.78 is 10.8. The van der Waals surface area contributed by atoms with Gasteiger partial charge < -0.3 is 14.8 Å². The fraction of sp³-hybridized carbons (Fsp3) is 0.900. The van der Waals surface area contributed by atoms with Crippen molar-refractivity contribution < 1.29 is 14.3 Å². The van der Waals surface area contributed by atoms with Crippen LogP contribution in [-0.2, 0) is 14.3 Å². The first kappa shape index (κ1) is 11.5. The van der Waals surface area contributed by atoms with Gasteiger partial charge in [-0.05, 0) is 20.9 Å². The molecular weight excluding hydrogens is 182 g/mol. The van der Waals surface area contributed by atoms with Gasteiger partial charge in [-0.15, -0.1) is 0 Å². The van der Waals surface area contributed by atoms with E-state index in [0.29, 0.717) is 0 Å². The average Bonchev–Trinajstić information content (AvgIpc) is 2.01. The highest BCUT2D eigenvalue weighted by molar-refractivity contribution is 5.71. The van der Waals surface area contributed by atoms with Crippen LogP contribution in [0.15, 0.2) is 0 Å². The maximum Gasteiger partial charge on any atom is 0.320 e. The Bertz CT molecular complexity index is 186. The molecule has 4 nitrogen and oxygen atoms in total. The van der Waals surface area contributed by atoms with Crippen molar-refractivity contribution >= 4 is 5.97 Å². The summed E-state index contributed by atoms with van der Waals surface area (Å²) >= 11 is 0. The Morgan fingerprint density at radius 2 is 2.00 bits per heavy atom. The number of carbonyl (C=O) groups excluding carboxylic acids is 1. The molecule has 1 fully saturated rings. The van der Waals surface area contributed by atoms with Gasteiger partial charge in [0.05, 0.1) is 18.8 Å². The minimum Gasteiger partial charge on any atom is -0.461 e. The number of hydrogen-bond acceptors (Lipinski definition) is 4. The summed E-state index contributed by atoms with van der Waals surface area (Å²) in [5.74, 6) is -0.182. The Kier molecular flexibility index (Phi) is 4.35. The van der Waals surface area contributed by atoms with Crippen LogP contribution < -0.4 is 5.32 Å². The molecule has 0 aromatic heterocycles. The van der Waals surface area contributed by atoms with Crippen molar-refractivity contribution in [2.75, 3.05) is 13.6 Å². The number of likely N-dealkylation sites (N-methyl/N-ethyl adjacent to an activating group) is 1. The molecule has 0 amide bonds. The topological polar surface area (TPSA) is 47.6 Å². The number of hydrogen-bond donors (Lipinski definition) is 1. The third kappa shape index (κ3) is 3.64. The largest absolute Gasteiger partial charge is 0.461 e. The lowest BCUT2D eigenvalue weighted by molar-refractivity contribution is -0.158. The predicted molar refractivity (Wildman–Crippen MR) is 53.0 cm³/mol. The normalized spacial score (nSPS) is 32.6. The summed E-state index contributed by atoms with van der Waals surface area (Å²) in [6.07, 6.45) is 2.01. The number of nitrogens with one attached hydrogen (secondary N) is 1. The zero-order valence-corrected chi connectivity index (χ0v) is 9.08. The Balaban J connectivity index is 2.33.